The lowest BCUT2D eigenvalue weighted by Gasteiger charge is -2.49. The third kappa shape index (κ3) is 2.31. The number of rotatable bonds is 2. The van der Waals surface area contributed by atoms with Crippen LogP contribution in [0.1, 0.15) is 25.7 Å². The fourth-order valence-corrected chi connectivity index (χ4v) is 4.97. The minimum Gasteiger partial charge on any atom is -0.303 e. The molecule has 5 nitrogen and oxygen atoms in total. The second-order valence-corrected chi connectivity index (χ2v) is 8.20. The molecule has 0 radical (unpaired) electrons. The lowest BCUT2D eigenvalue weighted by Crippen LogP contribution is -2.61. The molecule has 0 aromatic heterocycles. The standard InChI is InChI=1S/C12H23N3O2S/c1-14-7-11(8-14)15-6-9-2-3-10(15)5-12(4-9)18(13,16)17/h9-12H,2-8H2,1H3,(H2,13,16,17). The predicted molar refractivity (Wildman–Crippen MR) is 70.6 cm³/mol. The predicted octanol–water partition coefficient (Wildman–Crippen LogP) is -0.168. The average molecular weight is 273 g/mol. The van der Waals surface area contributed by atoms with Gasteiger partial charge in [-0.2, -0.15) is 0 Å². The number of hydrogen-bond acceptors (Lipinski definition) is 4. The highest BCUT2D eigenvalue weighted by atomic mass is 32.2. The molecule has 4 aliphatic rings. The first-order valence-corrected chi connectivity index (χ1v) is 8.50. The Bertz CT molecular complexity index is 419. The molecule has 3 unspecified atom stereocenters. The van der Waals surface area contributed by atoms with E-state index in [1.807, 2.05) is 0 Å². The molecule has 3 atom stereocenters. The quantitative estimate of drug-likeness (QED) is 0.759. The van der Waals surface area contributed by atoms with E-state index in [-0.39, 0.29) is 5.25 Å². The number of primary sulfonamides is 1. The number of sulfonamides is 1. The third-order valence-electron chi connectivity index (χ3n) is 4.96. The topological polar surface area (TPSA) is 66.6 Å². The van der Waals surface area contributed by atoms with Gasteiger partial charge in [0, 0.05) is 31.7 Å². The van der Waals surface area contributed by atoms with Crippen LogP contribution in [-0.4, -0.2) is 62.2 Å². The molecule has 1 saturated carbocycles. The van der Waals surface area contributed by atoms with E-state index in [0.717, 1.165) is 38.9 Å². The van der Waals surface area contributed by atoms with Crippen LogP contribution in [0.15, 0.2) is 0 Å². The molecule has 1 aliphatic carbocycles. The molecule has 3 aliphatic heterocycles. The molecule has 4 fully saturated rings. The zero-order valence-electron chi connectivity index (χ0n) is 11.0. The number of nitrogens with zero attached hydrogens (tertiary/aromatic N) is 2. The molecule has 18 heavy (non-hydrogen) atoms. The molecule has 104 valence electrons. The van der Waals surface area contributed by atoms with Gasteiger partial charge in [0.25, 0.3) is 0 Å². The van der Waals surface area contributed by atoms with E-state index in [1.165, 1.54) is 6.42 Å². The van der Waals surface area contributed by atoms with E-state index in [0.29, 0.717) is 18.0 Å². The first-order valence-electron chi connectivity index (χ1n) is 6.89. The van der Waals surface area contributed by atoms with Crippen molar-refractivity contribution in [3.8, 4) is 0 Å². The van der Waals surface area contributed by atoms with Crippen molar-refractivity contribution in [2.24, 2.45) is 11.1 Å². The van der Waals surface area contributed by atoms with Crippen LogP contribution in [-0.2, 0) is 10.0 Å². The van der Waals surface area contributed by atoms with E-state index in [4.69, 9.17) is 5.14 Å². The maximum atomic E-state index is 11.6. The molecule has 0 spiro atoms. The van der Waals surface area contributed by atoms with Crippen LogP contribution in [0.4, 0.5) is 0 Å². The van der Waals surface area contributed by atoms with Crippen LogP contribution in [0, 0.1) is 5.92 Å². The first-order chi connectivity index (χ1) is 8.43. The Morgan fingerprint density at radius 2 is 1.78 bits per heavy atom. The number of piperidine rings is 1. The van der Waals surface area contributed by atoms with Gasteiger partial charge in [0.1, 0.15) is 0 Å². The van der Waals surface area contributed by atoms with Gasteiger partial charge in [0.2, 0.25) is 10.0 Å². The third-order valence-corrected chi connectivity index (χ3v) is 6.27. The Labute approximate surface area is 109 Å². The lowest BCUT2D eigenvalue weighted by molar-refractivity contribution is -0.00386. The van der Waals surface area contributed by atoms with Gasteiger partial charge in [0.15, 0.2) is 0 Å². The summed E-state index contributed by atoms with van der Waals surface area (Å²) in [6.07, 6.45) is 3.84. The minimum atomic E-state index is -3.36. The van der Waals surface area contributed by atoms with E-state index < -0.39 is 10.0 Å². The molecule has 0 amide bonds. The normalized spacial score (nSPS) is 39.6. The second kappa shape index (κ2) is 4.44. The van der Waals surface area contributed by atoms with Gasteiger partial charge >= 0.3 is 0 Å². The van der Waals surface area contributed by atoms with Gasteiger partial charge in [-0.1, -0.05) is 0 Å². The Hall–Kier alpha value is -0.170. The van der Waals surface area contributed by atoms with Crippen LogP contribution < -0.4 is 5.14 Å². The van der Waals surface area contributed by atoms with Crippen molar-refractivity contribution >= 4 is 10.0 Å². The van der Waals surface area contributed by atoms with E-state index in [1.54, 1.807) is 0 Å². The first kappa shape index (κ1) is 12.8. The van der Waals surface area contributed by atoms with Crippen LogP contribution in [0.5, 0.6) is 0 Å². The maximum absolute atomic E-state index is 11.6. The van der Waals surface area contributed by atoms with Gasteiger partial charge in [-0.05, 0) is 38.6 Å². The van der Waals surface area contributed by atoms with E-state index in [2.05, 4.69) is 16.8 Å². The van der Waals surface area contributed by atoms with Crippen molar-refractivity contribution in [1.82, 2.24) is 9.80 Å². The highest BCUT2D eigenvalue weighted by Crippen LogP contribution is 2.37. The number of likely N-dealkylation sites (N-methyl/N-ethyl adjacent to an activating group) is 1. The van der Waals surface area contributed by atoms with Crippen LogP contribution in [0.2, 0.25) is 0 Å². The SMILES string of the molecule is CN1CC(N2CC3CCC2CC(S(N)(=O)=O)C3)C1. The molecule has 4 rings (SSSR count). The molecule has 2 N–H and O–H groups in total. The largest absolute Gasteiger partial charge is 0.303 e. The van der Waals surface area contributed by atoms with Crippen molar-refractivity contribution in [3.63, 3.8) is 0 Å². The summed E-state index contributed by atoms with van der Waals surface area (Å²) < 4.78 is 23.2. The maximum Gasteiger partial charge on any atom is 0.212 e. The Morgan fingerprint density at radius 3 is 2.39 bits per heavy atom. The zero-order chi connectivity index (χ0) is 12.9. The summed E-state index contributed by atoms with van der Waals surface area (Å²) in [5.74, 6) is 0.526. The van der Waals surface area contributed by atoms with Crippen molar-refractivity contribution in [2.45, 2.75) is 43.0 Å². The van der Waals surface area contributed by atoms with Crippen molar-refractivity contribution in [3.05, 3.63) is 0 Å². The fourth-order valence-electron chi connectivity index (χ4n) is 3.94. The summed E-state index contributed by atoms with van der Waals surface area (Å²) in [5, 5.41) is 5.06. The number of hydrogen-bond donors (Lipinski definition) is 1. The number of fused-ring (bicyclic) bond motifs is 4. The van der Waals surface area contributed by atoms with E-state index in [9.17, 15) is 8.42 Å². The summed E-state index contributed by atoms with van der Waals surface area (Å²) in [4.78, 5) is 4.89. The summed E-state index contributed by atoms with van der Waals surface area (Å²) in [6, 6.07) is 1.08. The summed E-state index contributed by atoms with van der Waals surface area (Å²) >= 11 is 0. The lowest BCUT2D eigenvalue weighted by atomic mass is 9.92. The molecule has 3 saturated heterocycles. The molecule has 6 heteroatoms. The van der Waals surface area contributed by atoms with Gasteiger partial charge in [-0.25, -0.2) is 13.6 Å². The molecule has 0 aromatic carbocycles. The molecule has 0 aromatic rings. The van der Waals surface area contributed by atoms with Gasteiger partial charge in [0.05, 0.1) is 5.25 Å². The molecular weight excluding hydrogens is 250 g/mol. The van der Waals surface area contributed by atoms with Crippen LogP contribution in [0.25, 0.3) is 0 Å². The highest BCUT2D eigenvalue weighted by Gasteiger charge is 2.43. The summed E-state index contributed by atoms with van der Waals surface area (Å²) in [7, 11) is -1.22. The van der Waals surface area contributed by atoms with Crippen molar-refractivity contribution in [1.29, 1.82) is 0 Å². The summed E-state index contributed by atoms with van der Waals surface area (Å²) in [5.41, 5.74) is 0. The van der Waals surface area contributed by atoms with Crippen molar-refractivity contribution in [2.75, 3.05) is 26.7 Å². The van der Waals surface area contributed by atoms with Gasteiger partial charge in [-0.15, -0.1) is 0 Å². The second-order valence-electron chi connectivity index (χ2n) is 6.35. The zero-order valence-corrected chi connectivity index (χ0v) is 11.8. The Morgan fingerprint density at radius 1 is 1.06 bits per heavy atom. The summed E-state index contributed by atoms with van der Waals surface area (Å²) in [6.45, 7) is 3.34. The van der Waals surface area contributed by atoms with E-state index >= 15 is 0 Å². The smallest absolute Gasteiger partial charge is 0.212 e. The van der Waals surface area contributed by atoms with Gasteiger partial charge in [-0.3, -0.25) is 4.90 Å². The Balaban J connectivity index is 1.75. The number of likely N-dealkylation sites (tertiary alicyclic amines) is 1. The van der Waals surface area contributed by atoms with Gasteiger partial charge < -0.3 is 4.90 Å². The fraction of sp³-hybridized carbons (Fsp3) is 1.00. The van der Waals surface area contributed by atoms with Crippen LogP contribution >= 0.6 is 0 Å². The average Bonchev–Trinajstić information content (AvgIpc) is 2.55. The van der Waals surface area contributed by atoms with Crippen molar-refractivity contribution < 1.29 is 8.42 Å². The monoisotopic (exact) mass is 273 g/mol. The number of nitrogens with two attached hydrogens (primary N) is 1. The molecule has 3 heterocycles. The Kier molecular flexibility index (Phi) is 3.17. The highest BCUT2D eigenvalue weighted by molar-refractivity contribution is 7.89. The molecule has 2 bridgehead atoms. The molecular formula is C12H23N3O2S. The minimum absolute atomic E-state index is 0.308. The van der Waals surface area contributed by atoms with Crippen LogP contribution in [0.3, 0.4) is 0 Å².